The van der Waals surface area contributed by atoms with Gasteiger partial charge in [-0.05, 0) is 44.9 Å². The SMILES string of the molecule is CC(C(=O)c1ccc(Cl)s1)N(C)CC1CC(O)C1. The molecule has 100 valence electrons. The molecule has 1 aromatic heterocycles. The standard InChI is InChI=1S/C13H18ClNO2S/c1-8(13(17)11-3-4-12(14)18-11)15(2)7-9-5-10(16)6-9/h3-4,8-10,16H,5-7H2,1-2H3. The van der Waals surface area contributed by atoms with Gasteiger partial charge in [0.15, 0.2) is 5.78 Å². The Kier molecular flexibility index (Phi) is 4.43. The maximum absolute atomic E-state index is 12.2. The van der Waals surface area contributed by atoms with E-state index in [0.29, 0.717) is 15.1 Å². The van der Waals surface area contributed by atoms with Gasteiger partial charge in [0.25, 0.3) is 0 Å². The number of aliphatic hydroxyl groups is 1. The molecule has 0 amide bonds. The number of halogens is 1. The zero-order chi connectivity index (χ0) is 13.3. The largest absolute Gasteiger partial charge is 0.393 e. The summed E-state index contributed by atoms with van der Waals surface area (Å²) in [5.74, 6) is 0.640. The third-order valence-corrected chi connectivity index (χ3v) is 4.86. The number of thiophene rings is 1. The van der Waals surface area contributed by atoms with Gasteiger partial charge in [-0.15, -0.1) is 11.3 Å². The van der Waals surface area contributed by atoms with Crippen molar-refractivity contribution in [2.24, 2.45) is 5.92 Å². The van der Waals surface area contributed by atoms with Crippen molar-refractivity contribution < 1.29 is 9.90 Å². The molecule has 1 aliphatic carbocycles. The fourth-order valence-electron chi connectivity index (χ4n) is 2.27. The number of hydrogen-bond acceptors (Lipinski definition) is 4. The van der Waals surface area contributed by atoms with Crippen LogP contribution < -0.4 is 0 Å². The summed E-state index contributed by atoms with van der Waals surface area (Å²) in [5, 5.41) is 9.26. The highest BCUT2D eigenvalue weighted by Crippen LogP contribution is 2.29. The summed E-state index contributed by atoms with van der Waals surface area (Å²) in [4.78, 5) is 15.0. The molecule has 1 aromatic rings. The van der Waals surface area contributed by atoms with Gasteiger partial charge in [0, 0.05) is 6.54 Å². The van der Waals surface area contributed by atoms with Crippen LogP contribution in [0, 0.1) is 5.92 Å². The summed E-state index contributed by atoms with van der Waals surface area (Å²) >= 11 is 7.18. The third kappa shape index (κ3) is 3.12. The van der Waals surface area contributed by atoms with Crippen molar-refractivity contribution in [3.05, 3.63) is 21.3 Å². The number of nitrogens with zero attached hydrogens (tertiary/aromatic N) is 1. The number of ketones is 1. The van der Waals surface area contributed by atoms with E-state index >= 15 is 0 Å². The Labute approximate surface area is 116 Å². The summed E-state index contributed by atoms with van der Waals surface area (Å²) in [6, 6.07) is 3.40. The van der Waals surface area contributed by atoms with Gasteiger partial charge in [0.1, 0.15) is 0 Å². The van der Waals surface area contributed by atoms with Crippen LogP contribution in [0.4, 0.5) is 0 Å². The van der Waals surface area contributed by atoms with Crippen molar-refractivity contribution in [2.45, 2.75) is 31.9 Å². The molecule has 0 aliphatic heterocycles. The summed E-state index contributed by atoms with van der Waals surface area (Å²) in [6.45, 7) is 2.79. The van der Waals surface area contributed by atoms with E-state index in [1.165, 1.54) is 11.3 Å². The Morgan fingerprint density at radius 2 is 2.28 bits per heavy atom. The summed E-state index contributed by atoms with van der Waals surface area (Å²) in [6.07, 6.45) is 1.58. The Balaban J connectivity index is 1.89. The molecule has 1 N–H and O–H groups in total. The molecule has 1 fully saturated rings. The van der Waals surface area contributed by atoms with Crippen molar-refractivity contribution in [3.8, 4) is 0 Å². The van der Waals surface area contributed by atoms with Crippen molar-refractivity contribution in [2.75, 3.05) is 13.6 Å². The highest BCUT2D eigenvalue weighted by Gasteiger charge is 2.30. The fraction of sp³-hybridized carbons (Fsp3) is 0.615. The lowest BCUT2D eigenvalue weighted by molar-refractivity contribution is 0.0234. The minimum Gasteiger partial charge on any atom is -0.393 e. The Morgan fingerprint density at radius 1 is 1.61 bits per heavy atom. The predicted octanol–water partition coefficient (Wildman–Crippen LogP) is 2.68. The van der Waals surface area contributed by atoms with Gasteiger partial charge in [-0.3, -0.25) is 9.69 Å². The van der Waals surface area contributed by atoms with E-state index in [9.17, 15) is 9.90 Å². The van der Waals surface area contributed by atoms with Crippen LogP contribution in [0.15, 0.2) is 12.1 Å². The Bertz CT molecular complexity index is 428. The molecule has 0 bridgehead atoms. The van der Waals surface area contributed by atoms with Gasteiger partial charge in [-0.2, -0.15) is 0 Å². The molecule has 1 heterocycles. The van der Waals surface area contributed by atoms with E-state index in [2.05, 4.69) is 4.90 Å². The maximum Gasteiger partial charge on any atom is 0.189 e. The van der Waals surface area contributed by atoms with Gasteiger partial charge < -0.3 is 5.11 Å². The number of carbonyl (C=O) groups excluding carboxylic acids is 1. The van der Waals surface area contributed by atoms with Crippen LogP contribution >= 0.6 is 22.9 Å². The molecule has 0 saturated heterocycles. The number of hydrogen-bond donors (Lipinski definition) is 1. The summed E-state index contributed by atoms with van der Waals surface area (Å²) in [5.41, 5.74) is 0. The third-order valence-electron chi connectivity index (χ3n) is 3.61. The van der Waals surface area contributed by atoms with Gasteiger partial charge in [0.2, 0.25) is 0 Å². The van der Waals surface area contributed by atoms with Crippen molar-refractivity contribution in [1.29, 1.82) is 0 Å². The molecule has 1 saturated carbocycles. The molecule has 18 heavy (non-hydrogen) atoms. The van der Waals surface area contributed by atoms with Gasteiger partial charge in [-0.1, -0.05) is 11.6 Å². The first-order valence-electron chi connectivity index (χ1n) is 6.15. The monoisotopic (exact) mass is 287 g/mol. The summed E-state index contributed by atoms with van der Waals surface area (Å²) < 4.78 is 0.648. The summed E-state index contributed by atoms with van der Waals surface area (Å²) in [7, 11) is 1.96. The smallest absolute Gasteiger partial charge is 0.189 e. The molecule has 0 spiro atoms. The van der Waals surface area contributed by atoms with Crippen LogP contribution in [0.25, 0.3) is 0 Å². The molecule has 0 radical (unpaired) electrons. The van der Waals surface area contributed by atoms with E-state index in [-0.39, 0.29) is 17.9 Å². The molecule has 1 unspecified atom stereocenters. The van der Waals surface area contributed by atoms with Crippen LogP contribution in [-0.4, -0.2) is 41.5 Å². The van der Waals surface area contributed by atoms with E-state index in [1.54, 1.807) is 12.1 Å². The first kappa shape index (κ1) is 14.0. The predicted molar refractivity (Wildman–Crippen MR) is 74.5 cm³/mol. The molecule has 0 aromatic carbocycles. The number of aliphatic hydroxyl groups excluding tert-OH is 1. The lowest BCUT2D eigenvalue weighted by atomic mass is 9.82. The number of carbonyl (C=O) groups is 1. The van der Waals surface area contributed by atoms with Gasteiger partial charge in [-0.25, -0.2) is 0 Å². The van der Waals surface area contributed by atoms with E-state index in [0.717, 1.165) is 19.4 Å². The molecule has 1 aliphatic rings. The van der Waals surface area contributed by atoms with Crippen LogP contribution in [0.2, 0.25) is 4.34 Å². The second-order valence-electron chi connectivity index (χ2n) is 5.07. The van der Waals surface area contributed by atoms with Crippen LogP contribution in [-0.2, 0) is 0 Å². The zero-order valence-corrected chi connectivity index (χ0v) is 12.2. The number of rotatable bonds is 5. The minimum atomic E-state index is -0.141. The average Bonchev–Trinajstić information content (AvgIpc) is 2.71. The minimum absolute atomic E-state index is 0.120. The van der Waals surface area contributed by atoms with Gasteiger partial charge >= 0.3 is 0 Å². The molecule has 1 atom stereocenters. The molecule has 5 heteroatoms. The van der Waals surface area contributed by atoms with Crippen molar-refractivity contribution in [3.63, 3.8) is 0 Å². The number of Topliss-reactive ketones (excluding diaryl/α,β-unsaturated/α-hetero) is 1. The number of likely N-dealkylation sites (N-methyl/N-ethyl adjacent to an activating group) is 1. The lowest BCUT2D eigenvalue weighted by Gasteiger charge is -2.36. The van der Waals surface area contributed by atoms with Crippen molar-refractivity contribution in [1.82, 2.24) is 4.90 Å². The highest BCUT2D eigenvalue weighted by atomic mass is 35.5. The topological polar surface area (TPSA) is 40.5 Å². The molecular formula is C13H18ClNO2S. The van der Waals surface area contributed by atoms with Crippen LogP contribution in [0.5, 0.6) is 0 Å². The fourth-order valence-corrected chi connectivity index (χ4v) is 3.33. The normalized spacial score (nSPS) is 24.9. The van der Waals surface area contributed by atoms with Gasteiger partial charge in [0.05, 0.1) is 21.4 Å². The quantitative estimate of drug-likeness (QED) is 0.847. The first-order valence-corrected chi connectivity index (χ1v) is 7.34. The molecule has 2 rings (SSSR count). The highest BCUT2D eigenvalue weighted by molar-refractivity contribution is 7.18. The van der Waals surface area contributed by atoms with E-state index in [4.69, 9.17) is 11.6 Å². The Morgan fingerprint density at radius 3 is 2.78 bits per heavy atom. The van der Waals surface area contributed by atoms with E-state index in [1.807, 2.05) is 14.0 Å². The first-order chi connectivity index (χ1) is 8.47. The zero-order valence-electron chi connectivity index (χ0n) is 10.6. The van der Waals surface area contributed by atoms with Crippen LogP contribution in [0.3, 0.4) is 0 Å². The van der Waals surface area contributed by atoms with E-state index < -0.39 is 0 Å². The van der Waals surface area contributed by atoms with Crippen LogP contribution in [0.1, 0.15) is 29.4 Å². The maximum atomic E-state index is 12.2. The second-order valence-corrected chi connectivity index (χ2v) is 6.79. The second kappa shape index (κ2) is 5.70. The molecule has 3 nitrogen and oxygen atoms in total. The molecular weight excluding hydrogens is 270 g/mol. The average molecular weight is 288 g/mol. The lowest BCUT2D eigenvalue weighted by Crippen LogP contribution is -2.43. The Hall–Kier alpha value is -0.420. The van der Waals surface area contributed by atoms with Crippen molar-refractivity contribution >= 4 is 28.7 Å².